The first-order valence-electron chi connectivity index (χ1n) is 7.15. The third-order valence-corrected chi connectivity index (χ3v) is 3.40. The van der Waals surface area contributed by atoms with E-state index in [4.69, 9.17) is 14.2 Å². The lowest BCUT2D eigenvalue weighted by atomic mass is 9.97. The first kappa shape index (κ1) is 14.9. The normalized spacial score (nSPS) is 24.6. The molecule has 1 aliphatic rings. The molecule has 0 aliphatic carbocycles. The van der Waals surface area contributed by atoms with Crippen LogP contribution in [-0.2, 0) is 14.3 Å². The highest BCUT2D eigenvalue weighted by Gasteiger charge is 2.63. The van der Waals surface area contributed by atoms with Gasteiger partial charge < -0.3 is 14.2 Å². The van der Waals surface area contributed by atoms with Crippen LogP contribution in [0.25, 0.3) is 0 Å². The largest absolute Gasteiger partial charge is 0.491 e. The summed E-state index contributed by atoms with van der Waals surface area (Å²) in [7, 11) is 0. The van der Waals surface area contributed by atoms with Crippen molar-refractivity contribution in [1.82, 2.24) is 0 Å². The zero-order valence-electron chi connectivity index (χ0n) is 12.5. The van der Waals surface area contributed by atoms with Gasteiger partial charge >= 0.3 is 5.97 Å². The summed E-state index contributed by atoms with van der Waals surface area (Å²) in [4.78, 5) is 12.0. The van der Waals surface area contributed by atoms with E-state index in [-0.39, 0.29) is 18.2 Å². The number of hydrogen-bond donors (Lipinski definition) is 0. The zero-order valence-corrected chi connectivity index (χ0v) is 12.5. The smallest absolute Gasteiger partial charge is 0.341 e. The van der Waals surface area contributed by atoms with Gasteiger partial charge in [0.25, 0.3) is 0 Å². The second-order valence-corrected chi connectivity index (χ2v) is 5.20. The topological polar surface area (TPSA) is 48.1 Å². The molecule has 0 saturated carbocycles. The highest BCUT2D eigenvalue weighted by atomic mass is 16.7. The van der Waals surface area contributed by atoms with Crippen LogP contribution in [0.15, 0.2) is 24.3 Å². The molecule has 1 saturated heterocycles. The van der Waals surface area contributed by atoms with Crippen molar-refractivity contribution in [3.63, 3.8) is 0 Å². The summed E-state index contributed by atoms with van der Waals surface area (Å²) in [6, 6.07) is 7.70. The molecule has 1 aliphatic heterocycles. The van der Waals surface area contributed by atoms with Crippen molar-refractivity contribution in [3.8, 4) is 5.75 Å². The van der Waals surface area contributed by atoms with E-state index in [9.17, 15) is 4.79 Å². The maximum Gasteiger partial charge on any atom is 0.341 e. The number of carbonyl (C=O) groups excluding carboxylic acids is 1. The van der Waals surface area contributed by atoms with Gasteiger partial charge in [0.2, 0.25) is 0 Å². The summed E-state index contributed by atoms with van der Waals surface area (Å²) < 4.78 is 16.4. The van der Waals surface area contributed by atoms with E-state index < -0.39 is 5.60 Å². The second kappa shape index (κ2) is 5.83. The lowest BCUT2D eigenvalue weighted by Gasteiger charge is -2.11. The molecule has 0 unspecified atom stereocenters. The molecule has 1 aromatic rings. The summed E-state index contributed by atoms with van der Waals surface area (Å²) in [5.74, 6) is 0.553. The van der Waals surface area contributed by atoms with Gasteiger partial charge in [-0.2, -0.15) is 0 Å². The Morgan fingerprint density at radius 2 is 1.95 bits per heavy atom. The fraction of sp³-hybridized carbons (Fsp3) is 0.562. The Kier molecular flexibility index (Phi) is 4.33. The molecule has 110 valence electrons. The number of ether oxygens (including phenoxy) is 3. The first-order valence-corrected chi connectivity index (χ1v) is 7.15. The predicted octanol–water partition coefficient (Wildman–Crippen LogP) is 3.26. The quantitative estimate of drug-likeness (QED) is 0.592. The highest BCUT2D eigenvalue weighted by Crippen LogP contribution is 2.52. The maximum absolute atomic E-state index is 12.0. The van der Waals surface area contributed by atoms with Crippen molar-refractivity contribution in [2.24, 2.45) is 0 Å². The molecule has 1 fully saturated rings. The van der Waals surface area contributed by atoms with Crippen LogP contribution in [0.5, 0.6) is 5.75 Å². The molecule has 0 bridgehead atoms. The molecule has 2 rings (SSSR count). The molecular weight excluding hydrogens is 256 g/mol. The van der Waals surface area contributed by atoms with E-state index in [0.29, 0.717) is 13.0 Å². The SMILES string of the molecule is CCOC(=O)[C@]1(CC)O[C@H]1c1ccc(OC(C)C)cc1. The molecule has 0 radical (unpaired) electrons. The highest BCUT2D eigenvalue weighted by molar-refractivity contribution is 5.83. The van der Waals surface area contributed by atoms with Crippen LogP contribution in [0.2, 0.25) is 0 Å². The van der Waals surface area contributed by atoms with Crippen LogP contribution >= 0.6 is 0 Å². The van der Waals surface area contributed by atoms with Crippen molar-refractivity contribution in [1.29, 1.82) is 0 Å². The van der Waals surface area contributed by atoms with Gasteiger partial charge in [-0.3, -0.25) is 0 Å². The molecule has 0 spiro atoms. The number of hydrogen-bond acceptors (Lipinski definition) is 4. The molecule has 0 N–H and O–H groups in total. The Morgan fingerprint density at radius 3 is 2.45 bits per heavy atom. The van der Waals surface area contributed by atoms with E-state index >= 15 is 0 Å². The second-order valence-electron chi connectivity index (χ2n) is 5.20. The average molecular weight is 278 g/mol. The lowest BCUT2D eigenvalue weighted by Crippen LogP contribution is -2.27. The van der Waals surface area contributed by atoms with Crippen molar-refractivity contribution in [3.05, 3.63) is 29.8 Å². The van der Waals surface area contributed by atoms with Gasteiger partial charge in [-0.1, -0.05) is 19.1 Å². The van der Waals surface area contributed by atoms with Crippen LogP contribution in [0.3, 0.4) is 0 Å². The van der Waals surface area contributed by atoms with E-state index in [1.54, 1.807) is 6.92 Å². The summed E-state index contributed by atoms with van der Waals surface area (Å²) >= 11 is 0. The van der Waals surface area contributed by atoms with Gasteiger partial charge in [-0.15, -0.1) is 0 Å². The molecular formula is C16H22O4. The van der Waals surface area contributed by atoms with Crippen LogP contribution in [0.1, 0.15) is 45.8 Å². The van der Waals surface area contributed by atoms with Gasteiger partial charge in [0.1, 0.15) is 11.9 Å². The number of esters is 1. The molecule has 1 heterocycles. The molecule has 4 heteroatoms. The monoisotopic (exact) mass is 278 g/mol. The Labute approximate surface area is 120 Å². The molecule has 4 nitrogen and oxygen atoms in total. The van der Waals surface area contributed by atoms with Crippen molar-refractivity contribution < 1.29 is 19.0 Å². The fourth-order valence-electron chi connectivity index (χ4n) is 2.33. The van der Waals surface area contributed by atoms with Crippen LogP contribution in [0, 0.1) is 0 Å². The van der Waals surface area contributed by atoms with Gasteiger partial charge in [-0.05, 0) is 44.9 Å². The summed E-state index contributed by atoms with van der Waals surface area (Å²) in [6.45, 7) is 8.09. The maximum atomic E-state index is 12.0. The molecule has 1 aromatic carbocycles. The van der Waals surface area contributed by atoms with Crippen molar-refractivity contribution in [2.45, 2.75) is 51.9 Å². The minimum atomic E-state index is -0.795. The molecule has 0 amide bonds. The average Bonchev–Trinajstić information content (AvgIpc) is 3.15. The molecule has 2 atom stereocenters. The van der Waals surface area contributed by atoms with Gasteiger partial charge in [0, 0.05) is 0 Å². The minimum Gasteiger partial charge on any atom is -0.491 e. The van der Waals surface area contributed by atoms with E-state index in [0.717, 1.165) is 11.3 Å². The summed E-state index contributed by atoms with van der Waals surface area (Å²) in [5, 5.41) is 0. The minimum absolute atomic E-state index is 0.146. The number of epoxide rings is 1. The third-order valence-electron chi connectivity index (χ3n) is 3.40. The Balaban J connectivity index is 2.08. The van der Waals surface area contributed by atoms with Gasteiger partial charge in [-0.25, -0.2) is 4.79 Å². The summed E-state index contributed by atoms with van der Waals surface area (Å²) in [5.41, 5.74) is 0.187. The van der Waals surface area contributed by atoms with Crippen LogP contribution in [-0.4, -0.2) is 24.3 Å². The van der Waals surface area contributed by atoms with Crippen molar-refractivity contribution in [2.75, 3.05) is 6.61 Å². The van der Waals surface area contributed by atoms with E-state index in [2.05, 4.69) is 0 Å². The van der Waals surface area contributed by atoms with E-state index in [1.165, 1.54) is 0 Å². The number of rotatable bonds is 6. The van der Waals surface area contributed by atoms with Gasteiger partial charge in [0.15, 0.2) is 5.60 Å². The van der Waals surface area contributed by atoms with Crippen LogP contribution < -0.4 is 4.74 Å². The predicted molar refractivity (Wildman–Crippen MR) is 75.7 cm³/mol. The Hall–Kier alpha value is -1.55. The molecule has 20 heavy (non-hydrogen) atoms. The van der Waals surface area contributed by atoms with Crippen molar-refractivity contribution >= 4 is 5.97 Å². The summed E-state index contributed by atoms with van der Waals surface area (Å²) in [6.07, 6.45) is 0.549. The Morgan fingerprint density at radius 1 is 1.30 bits per heavy atom. The number of carbonyl (C=O) groups is 1. The standard InChI is InChI=1S/C16H22O4/c1-5-16(15(17)18-6-2)14(20-16)12-7-9-13(10-8-12)19-11(3)4/h7-11,14H,5-6H2,1-4H3/t14-,16+/m0/s1. The fourth-order valence-corrected chi connectivity index (χ4v) is 2.33. The third kappa shape index (κ3) is 2.80. The number of benzene rings is 1. The lowest BCUT2D eigenvalue weighted by molar-refractivity contribution is -0.149. The van der Waals surface area contributed by atoms with Crippen LogP contribution in [0.4, 0.5) is 0 Å². The van der Waals surface area contributed by atoms with Gasteiger partial charge in [0.05, 0.1) is 12.7 Å². The molecule has 0 aromatic heterocycles. The zero-order chi connectivity index (χ0) is 14.8. The first-order chi connectivity index (χ1) is 9.53. The Bertz CT molecular complexity index is 466. The van der Waals surface area contributed by atoms with E-state index in [1.807, 2.05) is 45.0 Å².